The van der Waals surface area contributed by atoms with Crippen molar-refractivity contribution in [1.29, 1.82) is 0 Å². The van der Waals surface area contributed by atoms with E-state index >= 15 is 0 Å². The Morgan fingerprint density at radius 2 is 0.569 bits per heavy atom. The number of unbranched alkanes of at least 4 members (excludes halogenated alkanes) is 48. The maximum absolute atomic E-state index is 12.6. The van der Waals surface area contributed by atoms with Crippen LogP contribution in [0.4, 0.5) is 0 Å². The second kappa shape index (κ2) is 60.7. The molecule has 0 saturated carbocycles. The third kappa shape index (κ3) is 53.6. The molecule has 0 aromatic carbocycles. The van der Waals surface area contributed by atoms with Crippen LogP contribution in [-0.2, 0) is 4.79 Å². The second-order valence-electron chi connectivity index (χ2n) is 22.8. The zero-order valence-electron chi connectivity index (χ0n) is 48.7. The van der Waals surface area contributed by atoms with Gasteiger partial charge in [-0.1, -0.05) is 321 Å². The van der Waals surface area contributed by atoms with Gasteiger partial charge >= 0.3 is 0 Å². The molecule has 428 valence electrons. The average molecular weight is 1020 g/mol. The maximum Gasteiger partial charge on any atom is 0.249 e. The molecule has 0 aliphatic rings. The molecule has 0 heterocycles. The Morgan fingerprint density at radius 1 is 0.333 bits per heavy atom. The largest absolute Gasteiger partial charge is 0.394 e. The molecule has 72 heavy (non-hydrogen) atoms. The van der Waals surface area contributed by atoms with Crippen molar-refractivity contribution in [2.45, 2.75) is 385 Å². The first-order valence-electron chi connectivity index (χ1n) is 32.7. The van der Waals surface area contributed by atoms with Crippen molar-refractivity contribution < 1.29 is 25.2 Å². The van der Waals surface area contributed by atoms with Gasteiger partial charge in [0, 0.05) is 0 Å². The minimum atomic E-state index is -1.28. The molecule has 0 fully saturated rings. The molecule has 1 amide bonds. The quantitative estimate of drug-likeness (QED) is 0.0308. The third-order valence-electron chi connectivity index (χ3n) is 15.6. The van der Waals surface area contributed by atoms with Crippen molar-refractivity contribution in [2.24, 2.45) is 0 Å². The van der Waals surface area contributed by atoms with Gasteiger partial charge in [0.05, 0.1) is 18.8 Å². The maximum atomic E-state index is 12.6. The number of nitrogens with one attached hydrogen (secondary N) is 1. The standard InChI is InChI=1S/C66H129NO5/c1-3-5-7-9-11-13-15-17-19-21-23-25-27-29-31-32-33-34-36-38-40-42-44-46-48-50-52-54-56-58-60-64(70)66(72)67-62(61-68)65(71)63(69)59-57-55-53-51-49-47-45-43-41-39-37-35-30-28-26-24-22-20-18-16-14-12-10-8-6-4-2/h29,31,51,53,62-65,68-71H,3-28,30,32-50,52,54-61H2,1-2H3,(H,67,72)/b31-29-,53-51+. The fourth-order valence-corrected chi connectivity index (χ4v) is 10.5. The SMILES string of the molecule is CCCCCCCCCCCCCC/C=C\CCCCCCCCCCCCCCCCC(O)C(=O)NC(CO)C(O)C(O)CCC/C=C/CCCCCCCCCCCCCCCCCCCCCCC. The van der Waals surface area contributed by atoms with Crippen molar-refractivity contribution in [1.82, 2.24) is 5.32 Å². The Bertz CT molecular complexity index is 1100. The Morgan fingerprint density at radius 3 is 0.833 bits per heavy atom. The van der Waals surface area contributed by atoms with E-state index in [1.165, 1.54) is 295 Å². The van der Waals surface area contributed by atoms with Gasteiger partial charge in [0.25, 0.3) is 0 Å². The fraction of sp³-hybridized carbons (Fsp3) is 0.924. The van der Waals surface area contributed by atoms with Crippen molar-refractivity contribution in [3.63, 3.8) is 0 Å². The molecule has 0 saturated heterocycles. The zero-order valence-corrected chi connectivity index (χ0v) is 48.7. The van der Waals surface area contributed by atoms with Crippen LogP contribution in [0, 0.1) is 0 Å². The number of allylic oxidation sites excluding steroid dienone is 4. The van der Waals surface area contributed by atoms with Crippen molar-refractivity contribution in [2.75, 3.05) is 6.61 Å². The molecule has 5 N–H and O–H groups in total. The lowest BCUT2D eigenvalue weighted by atomic mass is 10.00. The molecule has 4 unspecified atom stereocenters. The summed E-state index contributed by atoms with van der Waals surface area (Å²) in [6, 6.07) is -1.00. The van der Waals surface area contributed by atoms with Gasteiger partial charge in [-0.3, -0.25) is 4.79 Å². The van der Waals surface area contributed by atoms with E-state index in [2.05, 4.69) is 43.5 Å². The van der Waals surface area contributed by atoms with Crippen LogP contribution in [0.5, 0.6) is 0 Å². The van der Waals surface area contributed by atoms with Crippen LogP contribution in [0.15, 0.2) is 24.3 Å². The first kappa shape index (κ1) is 70.8. The first-order valence-corrected chi connectivity index (χ1v) is 32.7. The number of rotatable bonds is 61. The van der Waals surface area contributed by atoms with Gasteiger partial charge in [-0.15, -0.1) is 0 Å². The van der Waals surface area contributed by atoms with E-state index in [4.69, 9.17) is 0 Å². The van der Waals surface area contributed by atoms with Crippen molar-refractivity contribution in [3.8, 4) is 0 Å². The molecule has 6 nitrogen and oxygen atoms in total. The normalized spacial score (nSPS) is 13.7. The van der Waals surface area contributed by atoms with E-state index in [9.17, 15) is 25.2 Å². The third-order valence-corrected chi connectivity index (χ3v) is 15.6. The van der Waals surface area contributed by atoms with Gasteiger partial charge in [0.15, 0.2) is 0 Å². The first-order chi connectivity index (χ1) is 35.5. The molecule has 0 bridgehead atoms. The van der Waals surface area contributed by atoms with E-state index in [1.807, 2.05) is 0 Å². The monoisotopic (exact) mass is 1020 g/mol. The molecule has 0 radical (unpaired) electrons. The summed E-state index contributed by atoms with van der Waals surface area (Å²) in [5.41, 5.74) is 0. The highest BCUT2D eigenvalue weighted by atomic mass is 16.3. The molecular weight excluding hydrogens is 887 g/mol. The summed E-state index contributed by atoms with van der Waals surface area (Å²) in [6.45, 7) is 4.09. The summed E-state index contributed by atoms with van der Waals surface area (Å²) in [6.07, 6.45) is 75.7. The van der Waals surface area contributed by atoms with Crippen LogP contribution in [0.25, 0.3) is 0 Å². The Labute approximate surface area is 450 Å². The van der Waals surface area contributed by atoms with Crippen LogP contribution < -0.4 is 5.32 Å². The van der Waals surface area contributed by atoms with Crippen LogP contribution in [0.3, 0.4) is 0 Å². The summed E-state index contributed by atoms with van der Waals surface area (Å²) >= 11 is 0. The Balaban J connectivity index is 3.58. The van der Waals surface area contributed by atoms with Crippen LogP contribution in [0.2, 0.25) is 0 Å². The van der Waals surface area contributed by atoms with E-state index in [-0.39, 0.29) is 0 Å². The van der Waals surface area contributed by atoms with Gasteiger partial charge in [-0.2, -0.15) is 0 Å². The van der Waals surface area contributed by atoms with Gasteiger partial charge in [-0.05, 0) is 64.2 Å². The van der Waals surface area contributed by atoms with Gasteiger partial charge in [-0.25, -0.2) is 0 Å². The molecule has 4 atom stereocenters. The summed E-state index contributed by atoms with van der Waals surface area (Å²) in [7, 11) is 0. The number of carbonyl (C=O) groups is 1. The number of aliphatic hydroxyl groups excluding tert-OH is 4. The van der Waals surface area contributed by atoms with Crippen molar-refractivity contribution >= 4 is 5.91 Å². The Hall–Kier alpha value is -1.21. The van der Waals surface area contributed by atoms with Crippen molar-refractivity contribution in [3.05, 3.63) is 24.3 Å². The number of hydrogen-bond acceptors (Lipinski definition) is 5. The number of amides is 1. The van der Waals surface area contributed by atoms with Crippen LogP contribution in [-0.4, -0.2) is 57.3 Å². The van der Waals surface area contributed by atoms with Crippen LogP contribution >= 0.6 is 0 Å². The molecule has 6 heteroatoms. The molecule has 0 spiro atoms. The van der Waals surface area contributed by atoms with Gasteiger partial charge in [0.1, 0.15) is 12.2 Å². The predicted molar refractivity (Wildman–Crippen MR) is 316 cm³/mol. The van der Waals surface area contributed by atoms with Gasteiger partial charge < -0.3 is 25.7 Å². The summed E-state index contributed by atoms with van der Waals surface area (Å²) < 4.78 is 0. The summed E-state index contributed by atoms with van der Waals surface area (Å²) in [4.78, 5) is 12.6. The lowest BCUT2D eigenvalue weighted by Crippen LogP contribution is -2.53. The fourth-order valence-electron chi connectivity index (χ4n) is 10.5. The second-order valence-corrected chi connectivity index (χ2v) is 22.8. The molecule has 0 aliphatic carbocycles. The number of carbonyl (C=O) groups excluding carboxylic acids is 1. The highest BCUT2D eigenvalue weighted by Crippen LogP contribution is 2.19. The van der Waals surface area contributed by atoms with E-state index in [0.717, 1.165) is 38.5 Å². The average Bonchev–Trinajstić information content (AvgIpc) is 3.39. The van der Waals surface area contributed by atoms with E-state index in [0.29, 0.717) is 12.8 Å². The molecule has 0 aliphatic heterocycles. The minimum Gasteiger partial charge on any atom is -0.394 e. The number of hydrogen-bond donors (Lipinski definition) is 5. The minimum absolute atomic E-state index is 0.366. The van der Waals surface area contributed by atoms with Crippen LogP contribution in [0.1, 0.15) is 361 Å². The predicted octanol–water partition coefficient (Wildman–Crippen LogP) is 19.8. The highest BCUT2D eigenvalue weighted by Gasteiger charge is 2.28. The number of aliphatic hydroxyl groups is 4. The zero-order chi connectivity index (χ0) is 52.3. The molecule has 0 aromatic heterocycles. The smallest absolute Gasteiger partial charge is 0.249 e. The van der Waals surface area contributed by atoms with E-state index < -0.39 is 36.9 Å². The lowest BCUT2D eigenvalue weighted by Gasteiger charge is -2.27. The highest BCUT2D eigenvalue weighted by molar-refractivity contribution is 5.80. The summed E-state index contributed by atoms with van der Waals surface area (Å²) in [5.74, 6) is -0.587. The summed E-state index contributed by atoms with van der Waals surface area (Å²) in [5, 5.41) is 44.1. The molecule has 0 rings (SSSR count). The Kier molecular flexibility index (Phi) is 59.6. The molecule has 0 aromatic rings. The molecular formula is C66H129NO5. The van der Waals surface area contributed by atoms with E-state index in [1.54, 1.807) is 0 Å². The topological polar surface area (TPSA) is 110 Å². The lowest BCUT2D eigenvalue weighted by molar-refractivity contribution is -0.132. The van der Waals surface area contributed by atoms with Gasteiger partial charge in [0.2, 0.25) is 5.91 Å².